The van der Waals surface area contributed by atoms with Crippen LogP contribution < -0.4 is 0 Å². The van der Waals surface area contributed by atoms with Gasteiger partial charge in [-0.25, -0.2) is 0 Å². The van der Waals surface area contributed by atoms with Gasteiger partial charge in [-0.2, -0.15) is 13.2 Å². The monoisotopic (exact) mass is 293 g/mol. The van der Waals surface area contributed by atoms with E-state index in [1.807, 2.05) is 0 Å². The van der Waals surface area contributed by atoms with Gasteiger partial charge < -0.3 is 9.64 Å². The third-order valence-corrected chi connectivity index (χ3v) is 3.75. The van der Waals surface area contributed by atoms with E-state index in [1.165, 1.54) is 0 Å². The lowest BCUT2D eigenvalue weighted by molar-refractivity contribution is -0.159. The minimum Gasteiger partial charge on any atom is -0.462 e. The zero-order valence-electron chi connectivity index (χ0n) is 11.1. The Bertz CT molecular complexity index is 378. The normalized spacial score (nSPS) is 25.1. The van der Waals surface area contributed by atoms with Crippen LogP contribution in [0.25, 0.3) is 0 Å². The molecule has 2 rings (SSSR count). The largest absolute Gasteiger partial charge is 0.462 e. The summed E-state index contributed by atoms with van der Waals surface area (Å²) in [4.78, 5) is 24.1. The molecule has 0 N–H and O–H groups in total. The fourth-order valence-electron chi connectivity index (χ4n) is 2.74. The second-order valence-electron chi connectivity index (χ2n) is 5.49. The molecule has 20 heavy (non-hydrogen) atoms. The number of alkyl halides is 3. The molecule has 0 spiro atoms. The molecule has 2 fully saturated rings. The number of nitrogens with zero attached hydrogens (tertiary/aromatic N) is 1. The van der Waals surface area contributed by atoms with Crippen molar-refractivity contribution in [2.45, 2.75) is 50.8 Å². The smallest absolute Gasteiger partial charge is 0.406 e. The molecule has 1 aliphatic carbocycles. The van der Waals surface area contributed by atoms with Crippen molar-refractivity contribution in [2.24, 2.45) is 5.92 Å². The van der Waals surface area contributed by atoms with Crippen LogP contribution in [0.4, 0.5) is 13.2 Å². The lowest BCUT2D eigenvalue weighted by Gasteiger charge is -2.23. The zero-order chi connectivity index (χ0) is 14.8. The molecule has 1 heterocycles. The van der Waals surface area contributed by atoms with Gasteiger partial charge in [-0.05, 0) is 25.7 Å². The summed E-state index contributed by atoms with van der Waals surface area (Å²) in [6.07, 6.45) is -0.0154. The van der Waals surface area contributed by atoms with Gasteiger partial charge in [-0.3, -0.25) is 9.59 Å². The van der Waals surface area contributed by atoms with Crippen molar-refractivity contribution in [3.05, 3.63) is 0 Å². The fourth-order valence-corrected chi connectivity index (χ4v) is 2.74. The highest BCUT2D eigenvalue weighted by molar-refractivity contribution is 5.86. The molecule has 1 aliphatic heterocycles. The van der Waals surface area contributed by atoms with Gasteiger partial charge in [0.05, 0.1) is 5.92 Å². The maximum atomic E-state index is 12.3. The van der Waals surface area contributed by atoms with Gasteiger partial charge in [0.25, 0.3) is 0 Å². The summed E-state index contributed by atoms with van der Waals surface area (Å²) in [5.41, 5.74) is 0. The van der Waals surface area contributed by atoms with Crippen LogP contribution in [0.1, 0.15) is 38.5 Å². The summed E-state index contributed by atoms with van der Waals surface area (Å²) in [6.45, 7) is -1.48. The van der Waals surface area contributed by atoms with Gasteiger partial charge in [0, 0.05) is 13.0 Å². The van der Waals surface area contributed by atoms with Crippen molar-refractivity contribution in [1.82, 2.24) is 4.90 Å². The lowest BCUT2D eigenvalue weighted by atomic mass is 9.97. The fraction of sp³-hybridized carbons (Fsp3) is 0.846. The number of carbonyl (C=O) groups excluding carboxylic acids is 2. The SMILES string of the molecule is O=C(OC1CCCCC1)[C@@H]1CC(=O)N(CC(F)(F)F)C1. The number of esters is 1. The van der Waals surface area contributed by atoms with E-state index in [0.29, 0.717) is 4.90 Å². The van der Waals surface area contributed by atoms with E-state index in [2.05, 4.69) is 0 Å². The van der Waals surface area contributed by atoms with Gasteiger partial charge in [-0.1, -0.05) is 6.42 Å². The number of amides is 1. The van der Waals surface area contributed by atoms with Crippen LogP contribution in [0.3, 0.4) is 0 Å². The molecule has 0 radical (unpaired) electrons. The maximum Gasteiger partial charge on any atom is 0.406 e. The van der Waals surface area contributed by atoms with Gasteiger partial charge in [-0.15, -0.1) is 0 Å². The van der Waals surface area contributed by atoms with Gasteiger partial charge in [0.15, 0.2) is 0 Å². The minimum absolute atomic E-state index is 0.136. The third kappa shape index (κ3) is 4.11. The van der Waals surface area contributed by atoms with Crippen molar-refractivity contribution >= 4 is 11.9 Å². The molecule has 7 heteroatoms. The van der Waals surface area contributed by atoms with E-state index < -0.39 is 30.5 Å². The van der Waals surface area contributed by atoms with Crippen molar-refractivity contribution in [1.29, 1.82) is 0 Å². The number of likely N-dealkylation sites (tertiary alicyclic amines) is 1. The quantitative estimate of drug-likeness (QED) is 0.750. The second kappa shape index (κ2) is 6.01. The van der Waals surface area contributed by atoms with Gasteiger partial charge in [0.1, 0.15) is 12.6 Å². The zero-order valence-corrected chi connectivity index (χ0v) is 11.1. The Morgan fingerprint density at radius 2 is 1.90 bits per heavy atom. The summed E-state index contributed by atoms with van der Waals surface area (Å²) in [7, 11) is 0. The predicted octanol–water partition coefficient (Wildman–Crippen LogP) is 2.27. The standard InChI is InChI=1S/C13H18F3NO3/c14-13(15,16)8-17-7-9(6-11(17)18)12(19)20-10-4-2-1-3-5-10/h9-10H,1-8H2/t9-/m1/s1. The summed E-state index contributed by atoms with van der Waals surface area (Å²) >= 11 is 0. The summed E-state index contributed by atoms with van der Waals surface area (Å²) < 4.78 is 42.1. The second-order valence-corrected chi connectivity index (χ2v) is 5.49. The maximum absolute atomic E-state index is 12.3. The number of carbonyl (C=O) groups is 2. The molecule has 2 aliphatic rings. The number of rotatable bonds is 3. The van der Waals surface area contributed by atoms with Crippen LogP contribution in [0.5, 0.6) is 0 Å². The topological polar surface area (TPSA) is 46.6 Å². The molecule has 4 nitrogen and oxygen atoms in total. The molecule has 1 saturated carbocycles. The van der Waals surface area contributed by atoms with Crippen molar-refractivity contribution in [2.75, 3.05) is 13.1 Å². The summed E-state index contributed by atoms with van der Waals surface area (Å²) in [5, 5.41) is 0. The molecule has 0 aromatic heterocycles. The van der Waals surface area contributed by atoms with Crippen LogP contribution in [0.15, 0.2) is 0 Å². The summed E-state index contributed by atoms with van der Waals surface area (Å²) in [5.74, 6) is -1.92. The van der Waals surface area contributed by atoms with Crippen LogP contribution in [0.2, 0.25) is 0 Å². The number of hydrogen-bond donors (Lipinski definition) is 0. The van der Waals surface area contributed by atoms with E-state index in [0.717, 1.165) is 32.1 Å². The van der Waals surface area contributed by atoms with Crippen molar-refractivity contribution < 1.29 is 27.5 Å². The van der Waals surface area contributed by atoms with Crippen LogP contribution in [-0.2, 0) is 14.3 Å². The van der Waals surface area contributed by atoms with Crippen LogP contribution in [-0.4, -0.2) is 42.1 Å². The van der Waals surface area contributed by atoms with E-state index in [9.17, 15) is 22.8 Å². The Labute approximate surface area is 115 Å². The first-order chi connectivity index (χ1) is 9.35. The molecule has 1 saturated heterocycles. The average Bonchev–Trinajstić information content (AvgIpc) is 2.70. The number of ether oxygens (including phenoxy) is 1. The third-order valence-electron chi connectivity index (χ3n) is 3.75. The molecule has 0 aromatic rings. The Morgan fingerprint density at radius 3 is 2.50 bits per heavy atom. The molecule has 1 amide bonds. The van der Waals surface area contributed by atoms with E-state index >= 15 is 0 Å². The molecular formula is C13H18F3NO3. The highest BCUT2D eigenvalue weighted by Gasteiger charge is 2.41. The average molecular weight is 293 g/mol. The number of halogens is 3. The molecular weight excluding hydrogens is 275 g/mol. The van der Waals surface area contributed by atoms with Crippen LogP contribution >= 0.6 is 0 Å². The van der Waals surface area contributed by atoms with Gasteiger partial charge in [0.2, 0.25) is 5.91 Å². The Hall–Kier alpha value is -1.27. The molecule has 0 aromatic carbocycles. The first kappa shape index (κ1) is 15.1. The predicted molar refractivity (Wildman–Crippen MR) is 63.7 cm³/mol. The van der Waals surface area contributed by atoms with Crippen molar-refractivity contribution in [3.8, 4) is 0 Å². The minimum atomic E-state index is -4.43. The van der Waals surface area contributed by atoms with E-state index in [1.54, 1.807) is 0 Å². The van der Waals surface area contributed by atoms with Crippen LogP contribution in [0, 0.1) is 5.92 Å². The van der Waals surface area contributed by atoms with E-state index in [4.69, 9.17) is 4.74 Å². The Morgan fingerprint density at radius 1 is 1.25 bits per heavy atom. The van der Waals surface area contributed by atoms with Gasteiger partial charge >= 0.3 is 12.1 Å². The molecule has 0 bridgehead atoms. The number of hydrogen-bond acceptors (Lipinski definition) is 3. The lowest BCUT2D eigenvalue weighted by Crippen LogP contribution is -2.36. The van der Waals surface area contributed by atoms with E-state index in [-0.39, 0.29) is 19.1 Å². The highest BCUT2D eigenvalue weighted by atomic mass is 19.4. The Kier molecular flexibility index (Phi) is 4.55. The van der Waals surface area contributed by atoms with Crippen molar-refractivity contribution in [3.63, 3.8) is 0 Å². The summed E-state index contributed by atoms with van der Waals surface area (Å²) in [6, 6.07) is 0. The molecule has 114 valence electrons. The first-order valence-electron chi connectivity index (χ1n) is 6.90. The molecule has 0 unspecified atom stereocenters. The Balaban J connectivity index is 1.84. The highest BCUT2D eigenvalue weighted by Crippen LogP contribution is 2.26. The first-order valence-corrected chi connectivity index (χ1v) is 6.90. The molecule has 1 atom stereocenters.